The Bertz CT molecular complexity index is 479. The highest BCUT2D eigenvalue weighted by Crippen LogP contribution is 2.18. The lowest BCUT2D eigenvalue weighted by Gasteiger charge is -2.43. The van der Waals surface area contributed by atoms with Crippen LogP contribution in [0.5, 0.6) is 0 Å². The van der Waals surface area contributed by atoms with Crippen LogP contribution in [-0.4, -0.2) is 51.6 Å². The maximum Gasteiger partial charge on any atom is 0.0928 e. The van der Waals surface area contributed by atoms with Crippen molar-refractivity contribution in [2.75, 3.05) is 26.2 Å². The van der Waals surface area contributed by atoms with Gasteiger partial charge in [-0.15, -0.1) is 0 Å². The van der Waals surface area contributed by atoms with E-state index < -0.39 is 0 Å². The molecule has 0 aromatic heterocycles. The Kier molecular flexibility index (Phi) is 5.32. The van der Waals surface area contributed by atoms with Crippen molar-refractivity contribution in [3.8, 4) is 0 Å². The number of aliphatic hydroxyl groups is 1. The quantitative estimate of drug-likeness (QED) is 0.805. The highest BCUT2D eigenvalue weighted by Gasteiger charge is 2.32. The van der Waals surface area contributed by atoms with E-state index in [0.717, 1.165) is 38.3 Å². The molecule has 0 unspecified atom stereocenters. The summed E-state index contributed by atoms with van der Waals surface area (Å²) in [6.07, 6.45) is 0. The predicted octanol–water partition coefficient (Wildman–Crippen LogP) is 1.36. The summed E-state index contributed by atoms with van der Waals surface area (Å²) in [5.74, 6) is 0. The minimum absolute atomic E-state index is 0.104. The Balaban J connectivity index is 1.87. The molecule has 0 atom stereocenters. The van der Waals surface area contributed by atoms with Crippen LogP contribution in [0.25, 0.3) is 0 Å². The summed E-state index contributed by atoms with van der Waals surface area (Å²) in [5.41, 5.74) is 7.88. The van der Waals surface area contributed by atoms with Crippen molar-refractivity contribution in [3.63, 3.8) is 0 Å². The van der Waals surface area contributed by atoms with Crippen LogP contribution in [0.2, 0.25) is 0 Å². The van der Waals surface area contributed by atoms with Gasteiger partial charge in [0.2, 0.25) is 0 Å². The fourth-order valence-electron chi connectivity index (χ4n) is 2.63. The topological polar surface area (TPSA) is 52.7 Å². The van der Waals surface area contributed by atoms with Gasteiger partial charge >= 0.3 is 0 Å². The third-order valence-corrected chi connectivity index (χ3v) is 4.88. The van der Waals surface area contributed by atoms with Crippen LogP contribution in [0, 0.1) is 0 Å². The van der Waals surface area contributed by atoms with E-state index in [1.54, 1.807) is 0 Å². The van der Waals surface area contributed by atoms with Crippen molar-refractivity contribution in [1.29, 1.82) is 0 Å². The maximum absolute atomic E-state index is 9.06. The Morgan fingerprint density at radius 1 is 1.14 bits per heavy atom. The minimum Gasteiger partial charge on any atom is -0.392 e. The molecule has 1 aromatic carbocycles. The van der Waals surface area contributed by atoms with E-state index in [0.29, 0.717) is 4.99 Å². The van der Waals surface area contributed by atoms with Gasteiger partial charge in [0.1, 0.15) is 0 Å². The number of nitrogens with zero attached hydrogens (tertiary/aromatic N) is 2. The van der Waals surface area contributed by atoms with Crippen LogP contribution < -0.4 is 5.73 Å². The molecule has 21 heavy (non-hydrogen) atoms. The summed E-state index contributed by atoms with van der Waals surface area (Å²) in [4.78, 5) is 5.37. The van der Waals surface area contributed by atoms with Crippen LogP contribution in [0.1, 0.15) is 25.0 Å². The average Bonchev–Trinajstić information content (AvgIpc) is 2.48. The van der Waals surface area contributed by atoms with Gasteiger partial charge in [-0.25, -0.2) is 0 Å². The molecule has 1 aromatic rings. The van der Waals surface area contributed by atoms with Gasteiger partial charge < -0.3 is 10.8 Å². The molecule has 0 bridgehead atoms. The van der Waals surface area contributed by atoms with Gasteiger partial charge in [0.15, 0.2) is 0 Å². The number of nitrogens with two attached hydrogens (primary N) is 1. The fourth-order valence-corrected chi connectivity index (χ4v) is 2.76. The zero-order chi connectivity index (χ0) is 15.5. The van der Waals surface area contributed by atoms with E-state index in [-0.39, 0.29) is 12.1 Å². The number of thiocarbonyl (C=S) groups is 1. The second-order valence-corrected chi connectivity index (χ2v) is 6.60. The van der Waals surface area contributed by atoms with Crippen molar-refractivity contribution in [1.82, 2.24) is 9.80 Å². The van der Waals surface area contributed by atoms with Gasteiger partial charge in [0, 0.05) is 32.7 Å². The summed E-state index contributed by atoms with van der Waals surface area (Å²) in [7, 11) is 0. The van der Waals surface area contributed by atoms with Crippen LogP contribution in [0.3, 0.4) is 0 Å². The molecule has 1 saturated heterocycles. The highest BCUT2D eigenvalue weighted by molar-refractivity contribution is 7.80. The molecule has 0 spiro atoms. The van der Waals surface area contributed by atoms with E-state index in [1.807, 2.05) is 12.1 Å². The zero-order valence-electron chi connectivity index (χ0n) is 12.9. The number of rotatable bonds is 5. The Morgan fingerprint density at radius 2 is 1.67 bits per heavy atom. The number of benzene rings is 1. The van der Waals surface area contributed by atoms with E-state index >= 15 is 0 Å². The van der Waals surface area contributed by atoms with Gasteiger partial charge in [-0.05, 0) is 25.0 Å². The fraction of sp³-hybridized carbons (Fsp3) is 0.562. The highest BCUT2D eigenvalue weighted by atomic mass is 32.1. The molecule has 2 rings (SSSR count). The van der Waals surface area contributed by atoms with Gasteiger partial charge in [0.25, 0.3) is 0 Å². The molecule has 0 radical (unpaired) electrons. The number of aliphatic hydroxyl groups excluding tert-OH is 1. The van der Waals surface area contributed by atoms with Crippen molar-refractivity contribution in [3.05, 3.63) is 35.4 Å². The molecule has 0 amide bonds. The third-order valence-electron chi connectivity index (χ3n) is 4.38. The SMILES string of the molecule is CC(C)(C(N)=S)N1CCN(Cc2ccc(CO)cc2)CC1. The second kappa shape index (κ2) is 6.83. The largest absolute Gasteiger partial charge is 0.392 e. The standard InChI is InChI=1S/C16H25N3OS/c1-16(2,15(17)21)19-9-7-18(8-10-19)11-13-3-5-14(12-20)6-4-13/h3-6,20H,7-12H2,1-2H3,(H2,17,21). The van der Waals surface area contributed by atoms with E-state index in [1.165, 1.54) is 5.56 Å². The smallest absolute Gasteiger partial charge is 0.0928 e. The summed E-state index contributed by atoms with van der Waals surface area (Å²) in [5, 5.41) is 9.06. The van der Waals surface area contributed by atoms with Gasteiger partial charge in [-0.2, -0.15) is 0 Å². The van der Waals surface area contributed by atoms with Gasteiger partial charge in [0.05, 0.1) is 17.1 Å². The first-order valence-electron chi connectivity index (χ1n) is 7.39. The molecule has 3 N–H and O–H groups in total. The maximum atomic E-state index is 9.06. The van der Waals surface area contributed by atoms with Crippen molar-refractivity contribution >= 4 is 17.2 Å². The van der Waals surface area contributed by atoms with E-state index in [9.17, 15) is 0 Å². The van der Waals surface area contributed by atoms with E-state index in [2.05, 4.69) is 35.8 Å². The van der Waals surface area contributed by atoms with Crippen LogP contribution in [-0.2, 0) is 13.2 Å². The second-order valence-electron chi connectivity index (χ2n) is 6.16. The zero-order valence-corrected chi connectivity index (χ0v) is 13.7. The van der Waals surface area contributed by atoms with Crippen molar-refractivity contribution < 1.29 is 5.11 Å². The van der Waals surface area contributed by atoms with Crippen LogP contribution in [0.15, 0.2) is 24.3 Å². The van der Waals surface area contributed by atoms with Crippen molar-refractivity contribution in [2.45, 2.75) is 32.5 Å². The van der Waals surface area contributed by atoms with E-state index in [4.69, 9.17) is 23.1 Å². The number of piperazine rings is 1. The average molecular weight is 307 g/mol. The first kappa shape index (κ1) is 16.4. The summed E-state index contributed by atoms with van der Waals surface area (Å²) >= 11 is 5.17. The molecular weight excluding hydrogens is 282 g/mol. The Morgan fingerprint density at radius 3 is 2.14 bits per heavy atom. The molecule has 1 aliphatic rings. The first-order chi connectivity index (χ1) is 9.93. The Hall–Kier alpha value is -1.01. The summed E-state index contributed by atoms with van der Waals surface area (Å²) in [6, 6.07) is 8.16. The molecule has 116 valence electrons. The number of hydrogen-bond acceptors (Lipinski definition) is 4. The number of hydrogen-bond donors (Lipinski definition) is 2. The lowest BCUT2D eigenvalue weighted by atomic mass is 10.0. The lowest BCUT2D eigenvalue weighted by molar-refractivity contribution is 0.0821. The molecule has 0 aliphatic carbocycles. The molecule has 1 heterocycles. The van der Waals surface area contributed by atoms with Gasteiger partial charge in [-0.1, -0.05) is 36.5 Å². The monoisotopic (exact) mass is 307 g/mol. The summed E-state index contributed by atoms with van der Waals surface area (Å²) < 4.78 is 0. The third kappa shape index (κ3) is 4.01. The molecule has 1 aliphatic heterocycles. The predicted molar refractivity (Wildman–Crippen MR) is 90.1 cm³/mol. The normalized spacial score (nSPS) is 17.9. The molecular formula is C16H25N3OS. The lowest BCUT2D eigenvalue weighted by Crippen LogP contribution is -2.59. The molecule has 5 heteroatoms. The van der Waals surface area contributed by atoms with Crippen molar-refractivity contribution in [2.24, 2.45) is 5.73 Å². The van der Waals surface area contributed by atoms with Crippen LogP contribution >= 0.6 is 12.2 Å². The molecule has 4 nitrogen and oxygen atoms in total. The molecule has 1 fully saturated rings. The Labute approximate surface area is 132 Å². The van der Waals surface area contributed by atoms with Gasteiger partial charge in [-0.3, -0.25) is 9.80 Å². The minimum atomic E-state index is -0.204. The first-order valence-corrected chi connectivity index (χ1v) is 7.80. The van der Waals surface area contributed by atoms with Crippen LogP contribution in [0.4, 0.5) is 0 Å². The molecule has 0 saturated carbocycles. The summed E-state index contributed by atoms with van der Waals surface area (Å²) in [6.45, 7) is 9.26.